The van der Waals surface area contributed by atoms with E-state index in [9.17, 15) is 14.7 Å². The van der Waals surface area contributed by atoms with Gasteiger partial charge in [-0.2, -0.15) is 0 Å². The summed E-state index contributed by atoms with van der Waals surface area (Å²) in [6.07, 6.45) is 1.51. The van der Waals surface area contributed by atoms with Crippen LogP contribution in [0.15, 0.2) is 12.2 Å². The van der Waals surface area contributed by atoms with Gasteiger partial charge in [-0.05, 0) is 19.8 Å². The van der Waals surface area contributed by atoms with Crippen LogP contribution in [0.4, 0.5) is 0 Å². The summed E-state index contributed by atoms with van der Waals surface area (Å²) in [6, 6.07) is 0. The Hall–Kier alpha value is -1.36. The number of carboxylic acids is 1. The molecule has 98 valence electrons. The topological polar surface area (TPSA) is 66.4 Å². The summed E-state index contributed by atoms with van der Waals surface area (Å²) < 4.78 is 5.30. The first kappa shape index (κ1) is 15.6. The average Bonchev–Trinajstić information content (AvgIpc) is 2.14. The van der Waals surface area contributed by atoms with Crippen molar-refractivity contribution in [2.75, 3.05) is 33.8 Å². The maximum atomic E-state index is 11.0. The lowest BCUT2D eigenvalue weighted by molar-refractivity contribution is -0.885. The van der Waals surface area contributed by atoms with Crippen molar-refractivity contribution in [3.8, 4) is 0 Å². The number of esters is 1. The Bertz CT molecular complexity index is 297. The molecule has 0 aromatic heterocycles. The summed E-state index contributed by atoms with van der Waals surface area (Å²) in [6.45, 7) is 6.12. The molecule has 5 nitrogen and oxygen atoms in total. The number of hydrogen-bond acceptors (Lipinski definition) is 4. The van der Waals surface area contributed by atoms with Gasteiger partial charge in [0.15, 0.2) is 0 Å². The van der Waals surface area contributed by atoms with E-state index < -0.39 is 5.97 Å². The van der Waals surface area contributed by atoms with Crippen molar-refractivity contribution in [2.24, 2.45) is 0 Å². The van der Waals surface area contributed by atoms with Gasteiger partial charge in [-0.15, -0.1) is 0 Å². The molecule has 0 heterocycles. The monoisotopic (exact) mass is 243 g/mol. The quantitative estimate of drug-likeness (QED) is 0.254. The number of rotatable bonds is 8. The van der Waals surface area contributed by atoms with Gasteiger partial charge in [0.1, 0.15) is 6.54 Å². The Morgan fingerprint density at radius 1 is 1.29 bits per heavy atom. The van der Waals surface area contributed by atoms with E-state index in [4.69, 9.17) is 4.74 Å². The van der Waals surface area contributed by atoms with Gasteiger partial charge in [-0.25, -0.2) is 4.79 Å². The van der Waals surface area contributed by atoms with Crippen molar-refractivity contribution in [3.05, 3.63) is 12.2 Å². The number of aliphatic carboxylic acids is 1. The van der Waals surface area contributed by atoms with Crippen LogP contribution in [-0.4, -0.2) is 50.2 Å². The highest BCUT2D eigenvalue weighted by Crippen LogP contribution is 2.02. The molecule has 0 bridgehead atoms. The summed E-state index contributed by atoms with van der Waals surface area (Å²) >= 11 is 0. The molecule has 0 rings (SSSR count). The number of carbonyl (C=O) groups is 2. The van der Waals surface area contributed by atoms with Crippen LogP contribution < -0.4 is 5.11 Å². The van der Waals surface area contributed by atoms with Gasteiger partial charge in [0.05, 0.1) is 33.2 Å². The fourth-order valence-electron chi connectivity index (χ4n) is 1.36. The maximum Gasteiger partial charge on any atom is 0.333 e. The second-order valence-electron chi connectivity index (χ2n) is 4.81. The molecule has 17 heavy (non-hydrogen) atoms. The van der Waals surface area contributed by atoms with Crippen LogP contribution >= 0.6 is 0 Å². The number of nitrogens with zero attached hydrogens (tertiary/aromatic N) is 1. The molecule has 0 saturated carbocycles. The van der Waals surface area contributed by atoms with Gasteiger partial charge in [0, 0.05) is 5.57 Å². The van der Waals surface area contributed by atoms with E-state index in [0.717, 1.165) is 6.42 Å². The van der Waals surface area contributed by atoms with Crippen LogP contribution in [0, 0.1) is 0 Å². The molecule has 0 aliphatic rings. The Morgan fingerprint density at radius 2 is 1.88 bits per heavy atom. The zero-order chi connectivity index (χ0) is 13.5. The molecule has 0 saturated heterocycles. The second kappa shape index (κ2) is 7.06. The second-order valence-corrected chi connectivity index (χ2v) is 4.81. The molecular weight excluding hydrogens is 222 g/mol. The van der Waals surface area contributed by atoms with Crippen molar-refractivity contribution in [1.82, 2.24) is 0 Å². The normalized spacial score (nSPS) is 11.0. The van der Waals surface area contributed by atoms with Crippen molar-refractivity contribution in [3.63, 3.8) is 0 Å². The Morgan fingerprint density at radius 3 is 2.35 bits per heavy atom. The van der Waals surface area contributed by atoms with Gasteiger partial charge >= 0.3 is 5.97 Å². The molecule has 0 atom stereocenters. The van der Waals surface area contributed by atoms with E-state index in [1.807, 2.05) is 14.1 Å². The molecule has 0 N–H and O–H groups in total. The molecule has 0 aromatic rings. The van der Waals surface area contributed by atoms with Gasteiger partial charge in [0.2, 0.25) is 0 Å². The van der Waals surface area contributed by atoms with Crippen molar-refractivity contribution >= 4 is 11.9 Å². The minimum Gasteiger partial charge on any atom is -0.544 e. The van der Waals surface area contributed by atoms with Crippen LogP contribution in [0.2, 0.25) is 0 Å². The summed E-state index contributed by atoms with van der Waals surface area (Å²) in [5.41, 5.74) is 0.387. The van der Waals surface area contributed by atoms with Crippen LogP contribution in [0.1, 0.15) is 19.8 Å². The highest BCUT2D eigenvalue weighted by atomic mass is 16.5. The van der Waals surface area contributed by atoms with Crippen molar-refractivity contribution < 1.29 is 23.9 Å². The van der Waals surface area contributed by atoms with E-state index in [1.54, 1.807) is 6.92 Å². The van der Waals surface area contributed by atoms with Crippen LogP contribution in [0.5, 0.6) is 0 Å². The van der Waals surface area contributed by atoms with Gasteiger partial charge < -0.3 is 19.1 Å². The molecule has 0 unspecified atom stereocenters. The predicted molar refractivity (Wildman–Crippen MR) is 61.9 cm³/mol. The number of ether oxygens (including phenoxy) is 1. The molecular formula is C12H21NO4. The maximum absolute atomic E-state index is 11.0. The third-order valence-electron chi connectivity index (χ3n) is 2.30. The fourth-order valence-corrected chi connectivity index (χ4v) is 1.36. The number of likely N-dealkylation sites (N-methyl/N-ethyl adjacent to an activating group) is 1. The van der Waals surface area contributed by atoms with E-state index in [-0.39, 0.29) is 12.5 Å². The lowest BCUT2D eigenvalue weighted by Gasteiger charge is -2.30. The predicted octanol–water partition coefficient (Wildman–Crippen LogP) is -0.288. The van der Waals surface area contributed by atoms with Crippen LogP contribution in [0.3, 0.4) is 0 Å². The summed E-state index contributed by atoms with van der Waals surface area (Å²) in [7, 11) is 3.66. The third-order valence-corrected chi connectivity index (χ3v) is 2.30. The van der Waals surface area contributed by atoms with Gasteiger partial charge in [0.25, 0.3) is 0 Å². The molecule has 0 spiro atoms. The highest BCUT2D eigenvalue weighted by molar-refractivity contribution is 5.86. The Labute approximate surface area is 102 Å². The zero-order valence-corrected chi connectivity index (χ0v) is 10.8. The minimum absolute atomic E-state index is 0.00838. The first-order valence-corrected chi connectivity index (χ1v) is 5.59. The Kier molecular flexibility index (Phi) is 6.50. The van der Waals surface area contributed by atoms with E-state index in [1.165, 1.54) is 0 Å². The fraction of sp³-hybridized carbons (Fsp3) is 0.667. The molecule has 0 fully saturated rings. The molecule has 0 amide bonds. The Balaban J connectivity index is 3.67. The summed E-state index contributed by atoms with van der Waals surface area (Å²) in [4.78, 5) is 21.5. The largest absolute Gasteiger partial charge is 0.544 e. The lowest BCUT2D eigenvalue weighted by Crippen LogP contribution is -2.48. The van der Waals surface area contributed by atoms with E-state index in [0.29, 0.717) is 29.6 Å². The summed E-state index contributed by atoms with van der Waals surface area (Å²) in [5.74, 6) is -1.43. The number of carbonyl (C=O) groups excluding carboxylic acids is 2. The van der Waals surface area contributed by atoms with Gasteiger partial charge in [-0.3, -0.25) is 0 Å². The first-order chi connectivity index (χ1) is 7.74. The zero-order valence-electron chi connectivity index (χ0n) is 10.8. The van der Waals surface area contributed by atoms with Crippen molar-refractivity contribution in [2.45, 2.75) is 19.8 Å². The number of carboxylic acid groups (broad SMARTS) is 1. The van der Waals surface area contributed by atoms with Gasteiger partial charge in [-0.1, -0.05) is 6.58 Å². The molecule has 0 aromatic carbocycles. The lowest BCUT2D eigenvalue weighted by atomic mass is 10.3. The average molecular weight is 243 g/mol. The summed E-state index contributed by atoms with van der Waals surface area (Å²) in [5, 5.41) is 10.5. The van der Waals surface area contributed by atoms with Crippen molar-refractivity contribution in [1.29, 1.82) is 0 Å². The molecule has 0 radical (unpaired) electrons. The van der Waals surface area contributed by atoms with Crippen LogP contribution in [-0.2, 0) is 14.3 Å². The molecule has 0 aliphatic carbocycles. The van der Waals surface area contributed by atoms with E-state index in [2.05, 4.69) is 6.58 Å². The molecule has 0 aliphatic heterocycles. The highest BCUT2D eigenvalue weighted by Gasteiger charge is 2.14. The van der Waals surface area contributed by atoms with Crippen LogP contribution in [0.25, 0.3) is 0 Å². The SMILES string of the molecule is C=C(C)C(=O)OCCCC[N+](C)(C)CC(=O)[O-]. The number of hydrogen-bond donors (Lipinski definition) is 0. The minimum atomic E-state index is -1.05. The number of quaternary nitrogens is 1. The standard InChI is InChI=1S/C12H21NO4/c1-10(2)12(16)17-8-6-5-7-13(3,4)9-11(14)15/h1,5-9H2,2-4H3. The first-order valence-electron chi connectivity index (χ1n) is 5.59. The smallest absolute Gasteiger partial charge is 0.333 e. The molecule has 5 heteroatoms. The number of unbranched alkanes of at least 4 members (excludes halogenated alkanes) is 1. The van der Waals surface area contributed by atoms with E-state index >= 15 is 0 Å². The third kappa shape index (κ3) is 8.45.